The van der Waals surface area contributed by atoms with Crippen molar-refractivity contribution in [2.45, 2.75) is 65.4 Å². The van der Waals surface area contributed by atoms with E-state index in [0.717, 1.165) is 19.3 Å². The highest BCUT2D eigenvalue weighted by Crippen LogP contribution is 2.45. The Balaban J connectivity index is 1.97. The molecular formula is C17H28F2N2O3. The van der Waals surface area contributed by atoms with Gasteiger partial charge in [-0.3, -0.25) is 4.79 Å². The number of carbonyl (C=O) groups is 2. The molecule has 2 aliphatic rings. The van der Waals surface area contributed by atoms with Crippen molar-refractivity contribution in [3.05, 3.63) is 0 Å². The normalized spacial score (nSPS) is 26.2. The molecule has 24 heavy (non-hydrogen) atoms. The molecule has 2 amide bonds. The Labute approximate surface area is 142 Å². The van der Waals surface area contributed by atoms with Crippen LogP contribution >= 0.6 is 0 Å². The average molecular weight is 346 g/mol. The lowest BCUT2D eigenvalue weighted by Gasteiger charge is -2.40. The topological polar surface area (TPSA) is 58.6 Å². The molecule has 1 saturated carbocycles. The molecule has 1 N–H and O–H groups in total. The first-order chi connectivity index (χ1) is 11.0. The molecule has 1 heterocycles. The van der Waals surface area contributed by atoms with Gasteiger partial charge in [0.25, 0.3) is 0 Å². The summed E-state index contributed by atoms with van der Waals surface area (Å²) in [4.78, 5) is 25.8. The van der Waals surface area contributed by atoms with E-state index < -0.39 is 28.9 Å². The Hall–Kier alpha value is -1.40. The number of nitrogens with zero attached hydrogens (tertiary/aromatic N) is 1. The third-order valence-electron chi connectivity index (χ3n) is 5.09. The Morgan fingerprint density at radius 1 is 1.25 bits per heavy atom. The maximum atomic E-state index is 13.7. The number of halogens is 2. The van der Waals surface area contributed by atoms with Gasteiger partial charge < -0.3 is 15.0 Å². The van der Waals surface area contributed by atoms with Crippen LogP contribution in [-0.4, -0.2) is 48.6 Å². The molecule has 5 nitrogen and oxygen atoms in total. The van der Waals surface area contributed by atoms with Crippen LogP contribution in [0.25, 0.3) is 0 Å². The van der Waals surface area contributed by atoms with Gasteiger partial charge in [0.05, 0.1) is 5.41 Å². The summed E-state index contributed by atoms with van der Waals surface area (Å²) in [5, 5.41) is 2.45. The molecule has 1 aliphatic carbocycles. The molecule has 2 fully saturated rings. The highest BCUT2D eigenvalue weighted by Gasteiger charge is 2.51. The van der Waals surface area contributed by atoms with Crippen molar-refractivity contribution in [3.8, 4) is 0 Å². The average Bonchev–Trinajstić information content (AvgIpc) is 2.86. The molecule has 0 radical (unpaired) electrons. The van der Waals surface area contributed by atoms with E-state index in [0.29, 0.717) is 6.54 Å². The Morgan fingerprint density at radius 2 is 1.88 bits per heavy atom. The van der Waals surface area contributed by atoms with Crippen LogP contribution in [0.15, 0.2) is 0 Å². The number of likely N-dealkylation sites (tertiary alicyclic amines) is 1. The van der Waals surface area contributed by atoms with Crippen molar-refractivity contribution >= 4 is 12.0 Å². The van der Waals surface area contributed by atoms with E-state index in [1.165, 1.54) is 0 Å². The van der Waals surface area contributed by atoms with Crippen LogP contribution in [0.5, 0.6) is 0 Å². The van der Waals surface area contributed by atoms with Crippen LogP contribution in [0, 0.1) is 10.8 Å². The highest BCUT2D eigenvalue weighted by atomic mass is 19.3. The third kappa shape index (κ3) is 3.98. The molecule has 1 atom stereocenters. The lowest BCUT2D eigenvalue weighted by molar-refractivity contribution is -0.145. The minimum absolute atomic E-state index is 0.0190. The Morgan fingerprint density at radius 3 is 2.33 bits per heavy atom. The first-order valence-electron chi connectivity index (χ1n) is 8.52. The molecule has 0 aromatic rings. The van der Waals surface area contributed by atoms with E-state index in [1.54, 1.807) is 25.7 Å². The van der Waals surface area contributed by atoms with Crippen molar-refractivity contribution < 1.29 is 23.1 Å². The molecule has 1 saturated heterocycles. The SMILES string of the molecule is CC(C)(C)OC(=O)NCC1(C(F)F)CCN(C(=O)C2(C)CCC2)C1. The number of nitrogens with one attached hydrogen (secondary N) is 1. The van der Waals surface area contributed by atoms with Crippen LogP contribution in [-0.2, 0) is 9.53 Å². The van der Waals surface area contributed by atoms with Gasteiger partial charge in [-0.05, 0) is 40.0 Å². The van der Waals surface area contributed by atoms with E-state index in [2.05, 4.69) is 5.32 Å². The van der Waals surface area contributed by atoms with E-state index in [4.69, 9.17) is 4.74 Å². The number of alkyl halides is 2. The van der Waals surface area contributed by atoms with Crippen LogP contribution in [0.2, 0.25) is 0 Å². The van der Waals surface area contributed by atoms with Crippen molar-refractivity contribution in [2.75, 3.05) is 19.6 Å². The maximum absolute atomic E-state index is 13.7. The summed E-state index contributed by atoms with van der Waals surface area (Å²) < 4.78 is 32.5. The molecule has 0 aromatic carbocycles. The maximum Gasteiger partial charge on any atom is 0.407 e. The third-order valence-corrected chi connectivity index (χ3v) is 5.09. The van der Waals surface area contributed by atoms with E-state index in [-0.39, 0.29) is 25.4 Å². The fraction of sp³-hybridized carbons (Fsp3) is 0.882. The number of rotatable bonds is 4. The monoisotopic (exact) mass is 346 g/mol. The summed E-state index contributed by atoms with van der Waals surface area (Å²) in [5.74, 6) is -0.0338. The van der Waals surface area contributed by atoms with Crippen molar-refractivity contribution in [1.29, 1.82) is 0 Å². The van der Waals surface area contributed by atoms with Gasteiger partial charge >= 0.3 is 6.09 Å². The lowest BCUT2D eigenvalue weighted by atomic mass is 9.69. The van der Waals surface area contributed by atoms with Crippen molar-refractivity contribution in [2.24, 2.45) is 10.8 Å². The summed E-state index contributed by atoms with van der Waals surface area (Å²) in [7, 11) is 0. The molecule has 1 aliphatic heterocycles. The highest BCUT2D eigenvalue weighted by molar-refractivity contribution is 5.83. The predicted molar refractivity (Wildman–Crippen MR) is 85.8 cm³/mol. The van der Waals surface area contributed by atoms with Gasteiger partial charge in [-0.1, -0.05) is 13.3 Å². The molecule has 2 rings (SSSR count). The van der Waals surface area contributed by atoms with E-state index in [9.17, 15) is 18.4 Å². The number of hydrogen-bond donors (Lipinski definition) is 1. The van der Waals surface area contributed by atoms with Gasteiger partial charge in [0, 0.05) is 25.0 Å². The van der Waals surface area contributed by atoms with E-state index >= 15 is 0 Å². The van der Waals surface area contributed by atoms with Crippen molar-refractivity contribution in [3.63, 3.8) is 0 Å². The van der Waals surface area contributed by atoms with Crippen LogP contribution in [0.4, 0.5) is 13.6 Å². The number of hydrogen-bond acceptors (Lipinski definition) is 3. The zero-order valence-electron chi connectivity index (χ0n) is 15.0. The first kappa shape index (κ1) is 18.9. The molecule has 0 spiro atoms. The number of amides is 2. The van der Waals surface area contributed by atoms with Gasteiger partial charge in [-0.25, -0.2) is 13.6 Å². The quantitative estimate of drug-likeness (QED) is 0.850. The van der Waals surface area contributed by atoms with Crippen LogP contribution < -0.4 is 5.32 Å². The summed E-state index contributed by atoms with van der Waals surface area (Å²) >= 11 is 0. The minimum atomic E-state index is -2.61. The van der Waals surface area contributed by atoms with Gasteiger partial charge in [0.1, 0.15) is 5.60 Å². The first-order valence-corrected chi connectivity index (χ1v) is 8.52. The lowest BCUT2D eigenvalue weighted by Crippen LogP contribution is -2.49. The molecular weight excluding hydrogens is 318 g/mol. The second-order valence-corrected chi connectivity index (χ2v) is 8.41. The van der Waals surface area contributed by atoms with Gasteiger partial charge in [-0.2, -0.15) is 0 Å². The Kier molecular flexibility index (Phi) is 5.11. The minimum Gasteiger partial charge on any atom is -0.444 e. The molecule has 7 heteroatoms. The van der Waals surface area contributed by atoms with Crippen LogP contribution in [0.1, 0.15) is 53.4 Å². The zero-order chi connectivity index (χ0) is 18.2. The largest absolute Gasteiger partial charge is 0.444 e. The standard InChI is InChI=1S/C17H28F2N2O3/c1-15(2,3)24-14(23)20-10-17(12(18)19)8-9-21(11-17)13(22)16(4)6-5-7-16/h12H,5-11H2,1-4H3,(H,20,23). The molecule has 0 aromatic heterocycles. The molecule has 138 valence electrons. The number of ether oxygens (including phenoxy) is 1. The van der Waals surface area contributed by atoms with E-state index in [1.807, 2.05) is 6.92 Å². The summed E-state index contributed by atoms with van der Waals surface area (Å²) in [6, 6.07) is 0. The van der Waals surface area contributed by atoms with Gasteiger partial charge in [-0.15, -0.1) is 0 Å². The summed E-state index contributed by atoms with van der Waals surface area (Å²) in [6.07, 6.45) is -0.489. The van der Waals surface area contributed by atoms with Crippen molar-refractivity contribution in [1.82, 2.24) is 10.2 Å². The second kappa shape index (κ2) is 6.48. The zero-order valence-corrected chi connectivity index (χ0v) is 15.0. The second-order valence-electron chi connectivity index (χ2n) is 8.41. The fourth-order valence-electron chi connectivity index (χ4n) is 3.33. The smallest absolute Gasteiger partial charge is 0.407 e. The molecule has 1 unspecified atom stereocenters. The fourth-order valence-corrected chi connectivity index (χ4v) is 3.33. The molecule has 0 bridgehead atoms. The predicted octanol–water partition coefficient (Wildman–Crippen LogP) is 3.19. The summed E-state index contributed by atoms with van der Waals surface area (Å²) in [5.41, 5.74) is -2.47. The summed E-state index contributed by atoms with van der Waals surface area (Å²) in [6.45, 7) is 7.14. The van der Waals surface area contributed by atoms with Gasteiger partial charge in [0.2, 0.25) is 12.3 Å². The van der Waals surface area contributed by atoms with Crippen LogP contribution in [0.3, 0.4) is 0 Å². The Bertz CT molecular complexity index is 501. The number of carbonyl (C=O) groups excluding carboxylic acids is 2. The van der Waals surface area contributed by atoms with Gasteiger partial charge in [0.15, 0.2) is 0 Å². The number of alkyl carbamates (subject to hydrolysis) is 1.